The van der Waals surface area contributed by atoms with E-state index in [0.717, 1.165) is 12.1 Å². The molecule has 1 aromatic rings. The Hall–Kier alpha value is -2.04. The topological polar surface area (TPSA) is 83.6 Å². The molecule has 2 rings (SSSR count). The maximum atomic E-state index is 11.4. The van der Waals surface area contributed by atoms with Crippen molar-refractivity contribution in [3.63, 3.8) is 0 Å². The predicted molar refractivity (Wildman–Crippen MR) is 67.6 cm³/mol. The molecule has 1 atom stereocenters. The molecule has 1 fully saturated rings. The maximum absolute atomic E-state index is 11.4. The van der Waals surface area contributed by atoms with Crippen molar-refractivity contribution in [1.82, 2.24) is 0 Å². The summed E-state index contributed by atoms with van der Waals surface area (Å²) in [6, 6.07) is 6.73. The average molecular weight is 248 g/mol. The lowest BCUT2D eigenvalue weighted by molar-refractivity contribution is -0.142. The molecule has 1 heterocycles. The zero-order valence-electron chi connectivity index (χ0n) is 10.2. The van der Waals surface area contributed by atoms with E-state index < -0.39 is 17.4 Å². The highest BCUT2D eigenvalue weighted by molar-refractivity contribution is 5.93. The Morgan fingerprint density at radius 1 is 1.33 bits per heavy atom. The van der Waals surface area contributed by atoms with E-state index in [2.05, 4.69) is 0 Å². The molecule has 1 unspecified atom stereocenters. The number of anilines is 1. The van der Waals surface area contributed by atoms with E-state index in [4.69, 9.17) is 5.73 Å². The second kappa shape index (κ2) is 4.33. The number of carboxylic acid groups (broad SMARTS) is 1. The average Bonchev–Trinajstić information content (AvgIpc) is 2.73. The van der Waals surface area contributed by atoms with Gasteiger partial charge in [-0.2, -0.15) is 0 Å². The molecule has 0 aliphatic carbocycles. The van der Waals surface area contributed by atoms with Gasteiger partial charge in [0.25, 0.3) is 0 Å². The van der Waals surface area contributed by atoms with Crippen molar-refractivity contribution in [2.75, 3.05) is 11.4 Å². The quantitative estimate of drug-likeness (QED) is 0.842. The fourth-order valence-corrected chi connectivity index (χ4v) is 2.41. The van der Waals surface area contributed by atoms with Crippen LogP contribution in [0, 0.1) is 0 Å². The molecular weight excluding hydrogens is 232 g/mol. The summed E-state index contributed by atoms with van der Waals surface area (Å²) < 4.78 is 0. The van der Waals surface area contributed by atoms with Crippen molar-refractivity contribution < 1.29 is 14.7 Å². The molecule has 1 aliphatic heterocycles. The number of benzene rings is 1. The van der Waals surface area contributed by atoms with Gasteiger partial charge in [0.1, 0.15) is 5.54 Å². The number of aliphatic carboxylic acids is 1. The van der Waals surface area contributed by atoms with Gasteiger partial charge in [-0.05, 0) is 44.0 Å². The SMILES string of the molecule is CC1(C(=O)O)CCCN1c1ccc(C(N)=O)cc1. The Balaban J connectivity index is 2.31. The highest BCUT2D eigenvalue weighted by Crippen LogP contribution is 2.34. The van der Waals surface area contributed by atoms with Crippen LogP contribution in [0.15, 0.2) is 24.3 Å². The molecule has 0 saturated carbocycles. The number of rotatable bonds is 3. The normalized spacial score (nSPS) is 23.1. The lowest BCUT2D eigenvalue weighted by Crippen LogP contribution is -2.48. The molecule has 5 nitrogen and oxygen atoms in total. The highest BCUT2D eigenvalue weighted by atomic mass is 16.4. The van der Waals surface area contributed by atoms with Crippen LogP contribution in [0.3, 0.4) is 0 Å². The highest BCUT2D eigenvalue weighted by Gasteiger charge is 2.43. The second-order valence-corrected chi connectivity index (χ2v) is 4.75. The van der Waals surface area contributed by atoms with E-state index in [1.807, 2.05) is 4.90 Å². The minimum absolute atomic E-state index is 0.426. The van der Waals surface area contributed by atoms with Crippen molar-refractivity contribution in [3.8, 4) is 0 Å². The molecule has 0 radical (unpaired) electrons. The molecule has 3 N–H and O–H groups in total. The standard InChI is InChI=1S/C13H16N2O3/c1-13(12(17)18)7-2-8-15(13)10-5-3-9(4-6-10)11(14)16/h3-6H,2,7-8H2,1H3,(H2,14,16)(H,17,18). The van der Waals surface area contributed by atoms with Gasteiger partial charge in [-0.25, -0.2) is 4.79 Å². The van der Waals surface area contributed by atoms with Crippen LogP contribution in [0.4, 0.5) is 5.69 Å². The van der Waals surface area contributed by atoms with Gasteiger partial charge in [0, 0.05) is 17.8 Å². The third kappa shape index (κ3) is 1.92. The van der Waals surface area contributed by atoms with Gasteiger partial charge < -0.3 is 15.7 Å². The number of carboxylic acids is 1. The summed E-state index contributed by atoms with van der Waals surface area (Å²) >= 11 is 0. The first-order valence-electron chi connectivity index (χ1n) is 5.86. The van der Waals surface area contributed by atoms with E-state index in [1.165, 1.54) is 0 Å². The van der Waals surface area contributed by atoms with E-state index >= 15 is 0 Å². The lowest BCUT2D eigenvalue weighted by Gasteiger charge is -2.33. The van der Waals surface area contributed by atoms with E-state index in [0.29, 0.717) is 18.5 Å². The monoisotopic (exact) mass is 248 g/mol. The lowest BCUT2D eigenvalue weighted by atomic mass is 9.98. The van der Waals surface area contributed by atoms with Crippen LogP contribution < -0.4 is 10.6 Å². The Morgan fingerprint density at radius 2 is 1.94 bits per heavy atom. The van der Waals surface area contributed by atoms with Gasteiger partial charge in [0.15, 0.2) is 0 Å². The summed E-state index contributed by atoms with van der Waals surface area (Å²) in [5, 5.41) is 9.33. The predicted octanol–water partition coefficient (Wildman–Crippen LogP) is 1.23. The summed E-state index contributed by atoms with van der Waals surface area (Å²) in [4.78, 5) is 24.2. The number of primary amides is 1. The van der Waals surface area contributed by atoms with Crippen LogP contribution in [0.2, 0.25) is 0 Å². The molecule has 1 amide bonds. The van der Waals surface area contributed by atoms with Crippen LogP contribution in [0.5, 0.6) is 0 Å². The molecule has 1 saturated heterocycles. The number of nitrogens with two attached hydrogens (primary N) is 1. The first-order valence-corrected chi connectivity index (χ1v) is 5.86. The number of carbonyl (C=O) groups is 2. The molecule has 0 aromatic heterocycles. The number of hydrogen-bond acceptors (Lipinski definition) is 3. The van der Waals surface area contributed by atoms with E-state index in [-0.39, 0.29) is 0 Å². The summed E-state index contributed by atoms with van der Waals surface area (Å²) in [5.74, 6) is -1.30. The summed E-state index contributed by atoms with van der Waals surface area (Å²) in [7, 11) is 0. The van der Waals surface area contributed by atoms with E-state index in [9.17, 15) is 14.7 Å². The first-order chi connectivity index (χ1) is 8.45. The summed E-state index contributed by atoms with van der Waals surface area (Å²) in [6.45, 7) is 2.43. The van der Waals surface area contributed by atoms with Crippen LogP contribution in [-0.4, -0.2) is 29.1 Å². The molecule has 18 heavy (non-hydrogen) atoms. The largest absolute Gasteiger partial charge is 0.480 e. The van der Waals surface area contributed by atoms with Gasteiger partial charge in [-0.1, -0.05) is 0 Å². The Kier molecular flexibility index (Phi) is 2.98. The molecule has 1 aromatic carbocycles. The summed E-state index contributed by atoms with van der Waals surface area (Å²) in [5.41, 5.74) is 5.54. The Morgan fingerprint density at radius 3 is 2.44 bits per heavy atom. The van der Waals surface area contributed by atoms with Crippen molar-refractivity contribution in [3.05, 3.63) is 29.8 Å². The molecule has 96 valence electrons. The smallest absolute Gasteiger partial charge is 0.329 e. The molecule has 1 aliphatic rings. The van der Waals surface area contributed by atoms with E-state index in [1.54, 1.807) is 31.2 Å². The number of hydrogen-bond donors (Lipinski definition) is 2. The van der Waals surface area contributed by atoms with Crippen molar-refractivity contribution in [2.45, 2.75) is 25.3 Å². The minimum atomic E-state index is -0.867. The zero-order chi connectivity index (χ0) is 13.3. The van der Waals surface area contributed by atoms with Crippen molar-refractivity contribution in [1.29, 1.82) is 0 Å². The number of amides is 1. The van der Waals surface area contributed by atoms with Crippen LogP contribution >= 0.6 is 0 Å². The minimum Gasteiger partial charge on any atom is -0.480 e. The van der Waals surface area contributed by atoms with Crippen molar-refractivity contribution >= 4 is 17.6 Å². The van der Waals surface area contributed by atoms with Crippen LogP contribution in [-0.2, 0) is 4.79 Å². The van der Waals surface area contributed by atoms with Crippen molar-refractivity contribution in [2.24, 2.45) is 5.73 Å². The van der Waals surface area contributed by atoms with Crippen LogP contribution in [0.1, 0.15) is 30.1 Å². The zero-order valence-corrected chi connectivity index (χ0v) is 10.2. The third-order valence-corrected chi connectivity index (χ3v) is 3.57. The van der Waals surface area contributed by atoms with Gasteiger partial charge >= 0.3 is 5.97 Å². The third-order valence-electron chi connectivity index (χ3n) is 3.57. The fourth-order valence-electron chi connectivity index (χ4n) is 2.41. The number of carbonyl (C=O) groups excluding carboxylic acids is 1. The molecule has 0 bridgehead atoms. The molecule has 0 spiro atoms. The Labute approximate surface area is 105 Å². The summed E-state index contributed by atoms with van der Waals surface area (Å²) in [6.07, 6.45) is 1.47. The molecular formula is C13H16N2O3. The van der Waals surface area contributed by atoms with Gasteiger partial charge in [-0.3, -0.25) is 4.79 Å². The van der Waals surface area contributed by atoms with Gasteiger partial charge in [0.2, 0.25) is 5.91 Å². The maximum Gasteiger partial charge on any atom is 0.329 e. The van der Waals surface area contributed by atoms with Gasteiger partial charge in [0.05, 0.1) is 0 Å². The molecule has 5 heteroatoms. The first kappa shape index (κ1) is 12.4. The fraction of sp³-hybridized carbons (Fsp3) is 0.385. The number of nitrogens with zero attached hydrogens (tertiary/aromatic N) is 1. The van der Waals surface area contributed by atoms with Gasteiger partial charge in [-0.15, -0.1) is 0 Å². The second-order valence-electron chi connectivity index (χ2n) is 4.75. The Bertz CT molecular complexity index is 484. The van der Waals surface area contributed by atoms with Crippen LogP contribution in [0.25, 0.3) is 0 Å².